The zero-order valence-electron chi connectivity index (χ0n) is 16.2. The fourth-order valence-corrected chi connectivity index (χ4v) is 22.6. The minimum Gasteiger partial charge on any atom is -0.471 e. The van der Waals surface area contributed by atoms with Crippen molar-refractivity contribution < 1.29 is 0 Å². The lowest BCUT2D eigenvalue weighted by Crippen LogP contribution is -2.63. The van der Waals surface area contributed by atoms with Gasteiger partial charge in [0.1, 0.15) is 0 Å². The average molecular weight is 361 g/mol. The molecular formula is C19H35AlNSi2. The van der Waals surface area contributed by atoms with Crippen LogP contribution in [0.1, 0.15) is 38.5 Å². The van der Waals surface area contributed by atoms with Crippen LogP contribution in [0.4, 0.5) is 0 Å². The molecule has 4 bridgehead atoms. The second-order valence-corrected chi connectivity index (χ2v) is 25.4. The van der Waals surface area contributed by atoms with E-state index < -0.39 is 16.1 Å². The highest BCUT2D eigenvalue weighted by atomic mass is 28.4. The molecule has 127 valence electrons. The molecule has 0 amide bonds. The molecule has 5 rings (SSSR count). The predicted molar refractivity (Wildman–Crippen MR) is 107 cm³/mol. The van der Waals surface area contributed by atoms with Crippen LogP contribution in [0.25, 0.3) is 0 Å². The second kappa shape index (κ2) is 5.03. The minimum absolute atomic E-state index is 0.425. The van der Waals surface area contributed by atoms with Crippen molar-refractivity contribution >= 4 is 31.6 Å². The van der Waals surface area contributed by atoms with Gasteiger partial charge < -0.3 is 3.88 Å². The third-order valence-electron chi connectivity index (χ3n) is 7.88. The fourth-order valence-electron chi connectivity index (χ4n) is 7.19. The first-order valence-electron chi connectivity index (χ1n) is 9.89. The van der Waals surface area contributed by atoms with Crippen molar-refractivity contribution in [2.45, 2.75) is 86.9 Å². The Labute approximate surface area is 152 Å². The van der Waals surface area contributed by atoms with Gasteiger partial charge in [0.25, 0.3) is 0 Å². The normalized spacial score (nSPS) is 41.5. The lowest BCUT2D eigenvalue weighted by atomic mass is 9.53. The van der Waals surface area contributed by atoms with Crippen LogP contribution < -0.4 is 0 Å². The van der Waals surface area contributed by atoms with E-state index in [2.05, 4.69) is 55.4 Å². The summed E-state index contributed by atoms with van der Waals surface area (Å²) in [5.41, 5.74) is 0.599. The number of nitrogens with zero attached hydrogens (tertiary/aromatic N) is 1. The molecule has 1 nitrogen and oxygen atoms in total. The molecule has 0 spiro atoms. The number of rotatable bonds is 3. The molecule has 0 unspecified atom stereocenters. The SMILES string of the molecule is C[Si](C)(C)[C]1([Si](C)(C)C)C=C[N](C23CC4CC(CC(C4)C2)C3)[Al]1. The third kappa shape index (κ3) is 2.42. The topological polar surface area (TPSA) is 3.24 Å². The van der Waals surface area contributed by atoms with E-state index in [0.29, 0.717) is 24.5 Å². The smallest absolute Gasteiger partial charge is 0.375 e. The summed E-state index contributed by atoms with van der Waals surface area (Å²) in [6.45, 7) is 15.9. The van der Waals surface area contributed by atoms with E-state index in [4.69, 9.17) is 0 Å². The van der Waals surface area contributed by atoms with Gasteiger partial charge in [-0.3, -0.25) is 0 Å². The molecule has 4 saturated carbocycles. The van der Waals surface area contributed by atoms with Crippen molar-refractivity contribution in [2.75, 3.05) is 0 Å². The van der Waals surface area contributed by atoms with E-state index in [9.17, 15) is 0 Å². The summed E-state index contributed by atoms with van der Waals surface area (Å²) in [6, 6.07) is 0. The number of hydrogen-bond acceptors (Lipinski definition) is 1. The highest BCUT2D eigenvalue weighted by molar-refractivity contribution is 7.08. The van der Waals surface area contributed by atoms with Crippen LogP contribution in [0.2, 0.25) is 42.8 Å². The van der Waals surface area contributed by atoms with Crippen molar-refractivity contribution in [3.63, 3.8) is 0 Å². The van der Waals surface area contributed by atoms with Gasteiger partial charge in [0.05, 0.1) is 0 Å². The van der Waals surface area contributed by atoms with Gasteiger partial charge in [-0.05, 0) is 66.0 Å². The van der Waals surface area contributed by atoms with E-state index in [1.807, 2.05) is 0 Å². The Morgan fingerprint density at radius 1 is 0.826 bits per heavy atom. The highest BCUT2D eigenvalue weighted by Gasteiger charge is 2.59. The van der Waals surface area contributed by atoms with Gasteiger partial charge in [-0.2, -0.15) is 0 Å². The second-order valence-electron chi connectivity index (χ2n) is 11.4. The Morgan fingerprint density at radius 3 is 1.61 bits per heavy atom. The van der Waals surface area contributed by atoms with Crippen LogP contribution in [-0.2, 0) is 0 Å². The van der Waals surface area contributed by atoms with Gasteiger partial charge in [-0.25, -0.2) is 0 Å². The Kier molecular flexibility index (Phi) is 3.70. The lowest BCUT2D eigenvalue weighted by Gasteiger charge is -2.62. The Hall–Kier alpha value is 0.506. The van der Waals surface area contributed by atoms with Crippen LogP contribution in [0.15, 0.2) is 12.3 Å². The fraction of sp³-hybridized carbons (Fsp3) is 0.895. The molecule has 4 aliphatic carbocycles. The van der Waals surface area contributed by atoms with E-state index in [-0.39, 0.29) is 0 Å². The molecule has 5 aliphatic rings. The first-order valence-corrected chi connectivity index (χ1v) is 18.0. The minimum atomic E-state index is -1.20. The molecule has 1 aliphatic heterocycles. The quantitative estimate of drug-likeness (QED) is 0.616. The van der Waals surface area contributed by atoms with Gasteiger partial charge >= 0.3 is 15.4 Å². The Morgan fingerprint density at radius 2 is 1.26 bits per heavy atom. The van der Waals surface area contributed by atoms with Gasteiger partial charge in [0, 0.05) is 21.7 Å². The Balaban J connectivity index is 1.65. The zero-order valence-corrected chi connectivity index (χ0v) is 19.3. The molecular weight excluding hydrogens is 325 g/mol. The molecule has 0 aromatic carbocycles. The first kappa shape index (κ1) is 16.9. The van der Waals surface area contributed by atoms with Crippen molar-refractivity contribution in [3.05, 3.63) is 12.3 Å². The molecule has 4 fully saturated rings. The largest absolute Gasteiger partial charge is 0.471 e. The van der Waals surface area contributed by atoms with Gasteiger partial charge in [-0.15, -0.1) is 0 Å². The molecule has 0 aromatic rings. The van der Waals surface area contributed by atoms with Crippen LogP contribution in [0.3, 0.4) is 0 Å². The molecule has 0 N–H and O–H groups in total. The molecule has 4 heteroatoms. The standard InChI is InChI=1S/C19H35NSi2.Al/c1-21(2,3)18(22(4,5)6)7-8-20-19-12-15-9-16(13-19)11-17(10-15)14-19;/h7-8,15-17H,9-14H2,1-6H3;/q-1;+1. The van der Waals surface area contributed by atoms with Crippen molar-refractivity contribution in [2.24, 2.45) is 17.8 Å². The highest BCUT2D eigenvalue weighted by Crippen LogP contribution is 2.60. The van der Waals surface area contributed by atoms with Gasteiger partial charge in [0.15, 0.2) is 0 Å². The molecule has 0 aromatic heterocycles. The maximum Gasteiger partial charge on any atom is 0.375 e. The molecule has 23 heavy (non-hydrogen) atoms. The average Bonchev–Trinajstić information content (AvgIpc) is 2.82. The van der Waals surface area contributed by atoms with Crippen LogP contribution >= 0.6 is 0 Å². The van der Waals surface area contributed by atoms with Crippen LogP contribution in [0, 0.1) is 17.8 Å². The maximum absolute atomic E-state index is 2.99. The summed E-state index contributed by atoms with van der Waals surface area (Å²) in [5, 5.41) is 0. The van der Waals surface area contributed by atoms with Crippen molar-refractivity contribution in [3.8, 4) is 0 Å². The summed E-state index contributed by atoms with van der Waals surface area (Å²) in [4.78, 5) is 0. The van der Waals surface area contributed by atoms with E-state index in [1.54, 1.807) is 19.3 Å². The van der Waals surface area contributed by atoms with E-state index in [1.165, 1.54) is 19.3 Å². The molecule has 0 saturated heterocycles. The summed E-state index contributed by atoms with van der Waals surface area (Å²) in [5.74, 6) is 3.22. The summed E-state index contributed by atoms with van der Waals surface area (Å²) in [7, 11) is -2.39. The van der Waals surface area contributed by atoms with Crippen molar-refractivity contribution in [1.29, 1.82) is 0 Å². The van der Waals surface area contributed by atoms with Gasteiger partial charge in [0.2, 0.25) is 0 Å². The zero-order chi connectivity index (χ0) is 16.7. The summed E-state index contributed by atoms with van der Waals surface area (Å²) in [6.07, 6.45) is 14.7. The maximum atomic E-state index is 2.99. The van der Waals surface area contributed by atoms with Crippen LogP contribution in [-0.4, -0.2) is 41.0 Å². The number of hydrogen-bond donors (Lipinski definition) is 0. The summed E-state index contributed by atoms with van der Waals surface area (Å²) < 4.78 is 3.64. The van der Waals surface area contributed by atoms with Crippen LogP contribution in [0.5, 0.6) is 0 Å². The molecule has 1 heterocycles. The Bertz CT molecular complexity index is 479. The predicted octanol–water partition coefficient (Wildman–Crippen LogP) is 5.32. The number of allylic oxidation sites excluding steroid dienone is 1. The lowest BCUT2D eigenvalue weighted by molar-refractivity contribution is -0.0443. The van der Waals surface area contributed by atoms with E-state index in [0.717, 1.165) is 17.8 Å². The first-order chi connectivity index (χ1) is 10.5. The van der Waals surface area contributed by atoms with E-state index >= 15 is 0 Å². The summed E-state index contributed by atoms with van der Waals surface area (Å²) >= 11 is 0.425. The van der Waals surface area contributed by atoms with Crippen molar-refractivity contribution in [1.82, 2.24) is 3.88 Å². The molecule has 1 radical (unpaired) electrons. The monoisotopic (exact) mass is 360 g/mol. The third-order valence-corrected chi connectivity index (χ3v) is 25.2. The van der Waals surface area contributed by atoms with Gasteiger partial charge in [-0.1, -0.05) is 45.4 Å². The molecule has 0 atom stereocenters.